The normalized spacial score (nSPS) is 18.7. The number of rotatable bonds is 3. The van der Waals surface area contributed by atoms with E-state index in [-0.39, 0.29) is 29.0 Å². The zero-order valence-corrected chi connectivity index (χ0v) is 12.7. The summed E-state index contributed by atoms with van der Waals surface area (Å²) in [7, 11) is -4.19. The Morgan fingerprint density at radius 1 is 1.30 bits per heavy atom. The van der Waals surface area contributed by atoms with Crippen molar-refractivity contribution < 1.29 is 27.1 Å². The molecule has 1 aliphatic heterocycles. The molecule has 1 aromatic heterocycles. The van der Waals surface area contributed by atoms with E-state index in [1.54, 1.807) is 0 Å². The van der Waals surface area contributed by atoms with Crippen molar-refractivity contribution in [3.8, 4) is 0 Å². The lowest BCUT2D eigenvalue weighted by atomic mass is 10.2. The van der Waals surface area contributed by atoms with Gasteiger partial charge in [-0.3, -0.25) is 9.78 Å². The number of aromatic nitrogens is 1. The second-order valence-corrected chi connectivity index (χ2v) is 6.50. The maximum Gasteiger partial charge on any atom is 0.265 e. The number of ether oxygens (including phenoxy) is 2. The van der Waals surface area contributed by atoms with Crippen LogP contribution >= 0.6 is 0 Å². The lowest BCUT2D eigenvalue weighted by Gasteiger charge is -2.22. The maximum absolute atomic E-state index is 13.7. The molecule has 1 fully saturated rings. The van der Waals surface area contributed by atoms with E-state index < -0.39 is 27.9 Å². The van der Waals surface area contributed by atoms with Crippen LogP contribution in [-0.2, 0) is 24.3 Å². The molecule has 9 heteroatoms. The van der Waals surface area contributed by atoms with Crippen LogP contribution in [0.4, 0.5) is 4.39 Å². The lowest BCUT2D eigenvalue weighted by Crippen LogP contribution is -2.45. The van der Waals surface area contributed by atoms with E-state index in [9.17, 15) is 17.6 Å². The number of halogens is 1. The molecule has 0 radical (unpaired) electrons. The van der Waals surface area contributed by atoms with Crippen molar-refractivity contribution in [2.24, 2.45) is 0 Å². The molecule has 2 aromatic rings. The maximum atomic E-state index is 13.7. The first-order valence-electron chi connectivity index (χ1n) is 6.78. The minimum atomic E-state index is -4.19. The third-order valence-corrected chi connectivity index (χ3v) is 4.72. The molecule has 7 nitrogen and oxygen atoms in total. The van der Waals surface area contributed by atoms with Crippen LogP contribution in [0.3, 0.4) is 0 Å². The fraction of sp³-hybridized carbons (Fsp3) is 0.286. The van der Waals surface area contributed by atoms with E-state index in [2.05, 4.69) is 4.98 Å². The van der Waals surface area contributed by atoms with Gasteiger partial charge in [0.2, 0.25) is 0 Å². The average molecular weight is 340 g/mol. The molecule has 0 spiro atoms. The quantitative estimate of drug-likeness (QED) is 0.879. The van der Waals surface area contributed by atoms with Crippen LogP contribution in [0.2, 0.25) is 0 Å². The van der Waals surface area contributed by atoms with Crippen molar-refractivity contribution in [2.45, 2.75) is 11.0 Å². The highest BCUT2D eigenvalue weighted by Gasteiger charge is 2.28. The van der Waals surface area contributed by atoms with Gasteiger partial charge in [0.25, 0.3) is 15.9 Å². The summed E-state index contributed by atoms with van der Waals surface area (Å²) < 4.78 is 50.7. The molecule has 1 aliphatic rings. The van der Waals surface area contributed by atoms with Crippen LogP contribution in [-0.4, -0.2) is 45.2 Å². The minimum Gasteiger partial charge on any atom is -0.376 e. The van der Waals surface area contributed by atoms with E-state index in [4.69, 9.17) is 9.47 Å². The predicted molar refractivity (Wildman–Crippen MR) is 77.6 cm³/mol. The highest BCUT2D eigenvalue weighted by Crippen LogP contribution is 2.23. The summed E-state index contributed by atoms with van der Waals surface area (Å²) in [6, 6.07) is 4.99. The highest BCUT2D eigenvalue weighted by atomic mass is 32.2. The molecule has 1 N–H and O–H groups in total. The topological polar surface area (TPSA) is 94.6 Å². The van der Waals surface area contributed by atoms with Crippen molar-refractivity contribution in [1.29, 1.82) is 0 Å². The SMILES string of the molecule is O=C(NS(=O)(=O)c1ccc(F)c2ncccc12)[C@@H]1COCCO1. The summed E-state index contributed by atoms with van der Waals surface area (Å²) in [5, 5.41) is 0.0913. The van der Waals surface area contributed by atoms with Gasteiger partial charge in [0.1, 0.15) is 11.3 Å². The van der Waals surface area contributed by atoms with Crippen molar-refractivity contribution in [3.05, 3.63) is 36.3 Å². The van der Waals surface area contributed by atoms with Crippen molar-refractivity contribution in [1.82, 2.24) is 9.71 Å². The summed E-state index contributed by atoms with van der Waals surface area (Å²) in [5.41, 5.74) is -0.0833. The largest absolute Gasteiger partial charge is 0.376 e. The molecular formula is C14H13FN2O5S. The molecule has 0 unspecified atom stereocenters. The summed E-state index contributed by atoms with van der Waals surface area (Å²) in [6.45, 7) is 0.541. The van der Waals surface area contributed by atoms with Gasteiger partial charge >= 0.3 is 0 Å². The molecule has 122 valence electrons. The first kappa shape index (κ1) is 15.8. The number of carbonyl (C=O) groups excluding carboxylic acids is 1. The lowest BCUT2D eigenvalue weighted by molar-refractivity contribution is -0.145. The van der Waals surface area contributed by atoms with Gasteiger partial charge in [0.15, 0.2) is 6.10 Å². The van der Waals surface area contributed by atoms with E-state index in [1.165, 1.54) is 18.3 Å². The monoisotopic (exact) mass is 340 g/mol. The first-order chi connectivity index (χ1) is 11.0. The molecule has 3 rings (SSSR count). The zero-order valence-electron chi connectivity index (χ0n) is 11.9. The van der Waals surface area contributed by atoms with Gasteiger partial charge in [0, 0.05) is 11.6 Å². The molecular weight excluding hydrogens is 327 g/mol. The molecule has 0 aliphatic carbocycles. The van der Waals surface area contributed by atoms with Gasteiger partial charge in [-0.25, -0.2) is 17.5 Å². The number of benzene rings is 1. The predicted octanol–water partition coefficient (Wildman–Crippen LogP) is 0.594. The fourth-order valence-electron chi connectivity index (χ4n) is 2.24. The number of sulfonamides is 1. The Kier molecular flexibility index (Phi) is 4.24. The Balaban J connectivity index is 1.94. The van der Waals surface area contributed by atoms with E-state index in [1.807, 2.05) is 4.72 Å². The van der Waals surface area contributed by atoms with Crippen LogP contribution < -0.4 is 4.72 Å². The number of carbonyl (C=O) groups is 1. The number of amides is 1. The van der Waals surface area contributed by atoms with Crippen molar-refractivity contribution in [3.63, 3.8) is 0 Å². The van der Waals surface area contributed by atoms with E-state index >= 15 is 0 Å². The second-order valence-electron chi connectivity index (χ2n) is 4.85. The summed E-state index contributed by atoms with van der Waals surface area (Å²) in [4.78, 5) is 15.6. The Hall–Kier alpha value is -2.10. The summed E-state index contributed by atoms with van der Waals surface area (Å²) >= 11 is 0. The van der Waals surface area contributed by atoms with Gasteiger partial charge in [-0.2, -0.15) is 0 Å². The van der Waals surface area contributed by atoms with Crippen LogP contribution in [0.25, 0.3) is 10.9 Å². The summed E-state index contributed by atoms with van der Waals surface area (Å²) in [5.74, 6) is -1.47. The molecule has 2 heterocycles. The second kappa shape index (κ2) is 6.19. The first-order valence-corrected chi connectivity index (χ1v) is 8.26. The number of hydrogen-bond donors (Lipinski definition) is 1. The van der Waals surface area contributed by atoms with Gasteiger partial charge in [-0.15, -0.1) is 0 Å². The van der Waals surface area contributed by atoms with Gasteiger partial charge in [-0.05, 0) is 24.3 Å². The van der Waals surface area contributed by atoms with E-state index in [0.29, 0.717) is 6.61 Å². The Bertz CT molecular complexity index is 849. The third kappa shape index (κ3) is 3.16. The van der Waals surface area contributed by atoms with Crippen LogP contribution in [0.5, 0.6) is 0 Å². The highest BCUT2D eigenvalue weighted by molar-refractivity contribution is 7.90. The number of fused-ring (bicyclic) bond motifs is 1. The molecule has 1 aromatic carbocycles. The average Bonchev–Trinajstić information content (AvgIpc) is 2.55. The van der Waals surface area contributed by atoms with Gasteiger partial charge < -0.3 is 9.47 Å². The van der Waals surface area contributed by atoms with Gasteiger partial charge in [-0.1, -0.05) is 0 Å². The van der Waals surface area contributed by atoms with Crippen molar-refractivity contribution in [2.75, 3.05) is 19.8 Å². The molecule has 0 saturated carbocycles. The van der Waals surface area contributed by atoms with Crippen LogP contribution in [0, 0.1) is 5.82 Å². The Labute approximate surface area is 131 Å². The number of hydrogen-bond acceptors (Lipinski definition) is 6. The Morgan fingerprint density at radius 2 is 2.13 bits per heavy atom. The van der Waals surface area contributed by atoms with Gasteiger partial charge in [0.05, 0.1) is 24.7 Å². The molecule has 1 saturated heterocycles. The standard InChI is InChI=1S/C14H13FN2O5S/c15-10-3-4-12(9-2-1-5-16-13(9)10)23(19,20)17-14(18)11-8-21-6-7-22-11/h1-5,11H,6-8H2,(H,17,18)/t11-/m0/s1. The van der Waals surface area contributed by atoms with Crippen LogP contribution in [0.1, 0.15) is 0 Å². The van der Waals surface area contributed by atoms with Crippen molar-refractivity contribution >= 4 is 26.8 Å². The third-order valence-electron chi connectivity index (χ3n) is 3.31. The number of nitrogens with zero attached hydrogens (tertiary/aromatic N) is 1. The zero-order chi connectivity index (χ0) is 16.4. The molecule has 0 bridgehead atoms. The molecule has 1 atom stereocenters. The number of pyridine rings is 1. The molecule has 1 amide bonds. The fourth-order valence-corrected chi connectivity index (χ4v) is 3.45. The summed E-state index contributed by atoms with van der Waals surface area (Å²) in [6.07, 6.45) is 0.358. The van der Waals surface area contributed by atoms with E-state index in [0.717, 1.165) is 12.1 Å². The molecule has 23 heavy (non-hydrogen) atoms. The Morgan fingerprint density at radius 3 is 2.87 bits per heavy atom. The van der Waals surface area contributed by atoms with Crippen LogP contribution in [0.15, 0.2) is 35.4 Å². The smallest absolute Gasteiger partial charge is 0.265 e. The minimum absolute atomic E-state index is 0.0208. The number of nitrogens with one attached hydrogen (secondary N) is 1.